The molecule has 3 nitrogen and oxygen atoms in total. The van der Waals surface area contributed by atoms with Gasteiger partial charge in [-0.3, -0.25) is 0 Å². The molecule has 1 aromatic heterocycles. The van der Waals surface area contributed by atoms with Crippen LogP contribution in [0.1, 0.15) is 36.6 Å². The van der Waals surface area contributed by atoms with Gasteiger partial charge in [-0.05, 0) is 44.4 Å². The molecule has 0 aliphatic carbocycles. The Kier molecular flexibility index (Phi) is 3.88. The van der Waals surface area contributed by atoms with E-state index in [1.807, 2.05) is 18.3 Å². The Labute approximate surface area is 113 Å². The number of imidazole rings is 1. The fourth-order valence-corrected chi connectivity index (χ4v) is 2.19. The molecule has 0 radical (unpaired) electrons. The van der Waals surface area contributed by atoms with E-state index in [2.05, 4.69) is 28.7 Å². The second-order valence-corrected chi connectivity index (χ2v) is 5.15. The number of benzene rings is 1. The monoisotopic (exact) mass is 261 g/mol. The summed E-state index contributed by atoms with van der Waals surface area (Å²) in [5.41, 5.74) is 2.43. The van der Waals surface area contributed by atoms with E-state index < -0.39 is 0 Å². The van der Waals surface area contributed by atoms with Crippen LogP contribution in [0.5, 0.6) is 0 Å². The molecule has 4 heteroatoms. The number of nitrogens with one attached hydrogen (secondary N) is 1. The zero-order valence-corrected chi connectivity index (χ0v) is 11.9. The van der Waals surface area contributed by atoms with Gasteiger partial charge in [-0.25, -0.2) is 9.37 Å². The largest absolute Gasteiger partial charge is 0.352 e. The third kappa shape index (κ3) is 2.95. The SMILES string of the molecule is Cc1cc(CNc2nccn2C(C)C)cc(C)c1F. The third-order valence-corrected chi connectivity index (χ3v) is 3.17. The molecule has 0 amide bonds. The van der Waals surface area contributed by atoms with Gasteiger partial charge in [0.05, 0.1) is 0 Å². The Morgan fingerprint density at radius 3 is 2.47 bits per heavy atom. The predicted molar refractivity (Wildman–Crippen MR) is 75.8 cm³/mol. The molecule has 2 aromatic rings. The number of rotatable bonds is 4. The van der Waals surface area contributed by atoms with Crippen molar-refractivity contribution in [3.05, 3.63) is 47.0 Å². The van der Waals surface area contributed by atoms with Gasteiger partial charge in [-0.15, -0.1) is 0 Å². The lowest BCUT2D eigenvalue weighted by Crippen LogP contribution is -2.09. The second kappa shape index (κ2) is 5.43. The van der Waals surface area contributed by atoms with Crippen LogP contribution in [0.25, 0.3) is 0 Å². The highest BCUT2D eigenvalue weighted by Crippen LogP contribution is 2.17. The summed E-state index contributed by atoms with van der Waals surface area (Å²) < 4.78 is 15.6. The zero-order chi connectivity index (χ0) is 14.0. The molecule has 0 spiro atoms. The number of nitrogens with zero attached hydrogens (tertiary/aromatic N) is 2. The molecule has 1 N–H and O–H groups in total. The van der Waals surface area contributed by atoms with Gasteiger partial charge in [0.1, 0.15) is 5.82 Å². The Bertz CT molecular complexity index is 550. The van der Waals surface area contributed by atoms with Crippen molar-refractivity contribution in [3.63, 3.8) is 0 Å². The molecule has 0 saturated carbocycles. The summed E-state index contributed by atoms with van der Waals surface area (Å²) in [7, 11) is 0. The van der Waals surface area contributed by atoms with Crippen LogP contribution in [0, 0.1) is 19.7 Å². The van der Waals surface area contributed by atoms with Gasteiger partial charge in [0, 0.05) is 25.0 Å². The first-order chi connectivity index (χ1) is 8.99. The summed E-state index contributed by atoms with van der Waals surface area (Å²) in [5, 5.41) is 3.29. The first-order valence-electron chi connectivity index (χ1n) is 6.51. The van der Waals surface area contributed by atoms with Gasteiger partial charge < -0.3 is 9.88 Å². The summed E-state index contributed by atoms with van der Waals surface area (Å²) in [6.07, 6.45) is 3.73. The minimum absolute atomic E-state index is 0.118. The number of aromatic nitrogens is 2. The Morgan fingerprint density at radius 1 is 1.26 bits per heavy atom. The first kappa shape index (κ1) is 13.6. The second-order valence-electron chi connectivity index (χ2n) is 5.15. The van der Waals surface area contributed by atoms with Crippen LogP contribution in [0.2, 0.25) is 0 Å². The van der Waals surface area contributed by atoms with E-state index in [1.54, 1.807) is 20.0 Å². The minimum Gasteiger partial charge on any atom is -0.352 e. The topological polar surface area (TPSA) is 29.9 Å². The lowest BCUT2D eigenvalue weighted by molar-refractivity contribution is 0.603. The lowest BCUT2D eigenvalue weighted by atomic mass is 10.1. The molecule has 1 aromatic carbocycles. The molecule has 0 bridgehead atoms. The van der Waals surface area contributed by atoms with E-state index in [1.165, 1.54) is 0 Å². The number of halogens is 1. The molecule has 102 valence electrons. The van der Waals surface area contributed by atoms with Crippen molar-refractivity contribution < 1.29 is 4.39 Å². The average Bonchev–Trinajstić information content (AvgIpc) is 2.81. The molecule has 0 unspecified atom stereocenters. The van der Waals surface area contributed by atoms with Gasteiger partial charge in [0.15, 0.2) is 0 Å². The van der Waals surface area contributed by atoms with Crippen LogP contribution in [0.4, 0.5) is 10.3 Å². The molecule has 0 fully saturated rings. The zero-order valence-electron chi connectivity index (χ0n) is 11.9. The molecule has 0 saturated heterocycles. The van der Waals surface area contributed by atoms with Crippen molar-refractivity contribution in [1.82, 2.24) is 9.55 Å². The smallest absolute Gasteiger partial charge is 0.203 e. The van der Waals surface area contributed by atoms with Crippen LogP contribution < -0.4 is 5.32 Å². The van der Waals surface area contributed by atoms with Crippen molar-refractivity contribution in [3.8, 4) is 0 Å². The molecule has 0 aliphatic heterocycles. The lowest BCUT2D eigenvalue weighted by Gasteiger charge is -2.13. The number of aryl methyl sites for hydroxylation is 2. The fraction of sp³-hybridized carbons (Fsp3) is 0.400. The van der Waals surface area contributed by atoms with Gasteiger partial charge in [-0.1, -0.05) is 12.1 Å². The summed E-state index contributed by atoms with van der Waals surface area (Å²) in [6.45, 7) is 8.45. The first-order valence-corrected chi connectivity index (χ1v) is 6.51. The molecule has 0 aliphatic rings. The summed E-state index contributed by atoms with van der Waals surface area (Å²) >= 11 is 0. The van der Waals surface area contributed by atoms with E-state index in [0.29, 0.717) is 23.7 Å². The molecule has 2 rings (SSSR count). The average molecular weight is 261 g/mol. The molecular formula is C15H20FN3. The van der Waals surface area contributed by atoms with Crippen molar-refractivity contribution in [1.29, 1.82) is 0 Å². The van der Waals surface area contributed by atoms with Crippen LogP contribution >= 0.6 is 0 Å². The molecule has 0 atom stereocenters. The van der Waals surface area contributed by atoms with E-state index in [0.717, 1.165) is 11.5 Å². The van der Waals surface area contributed by atoms with E-state index in [-0.39, 0.29) is 5.82 Å². The van der Waals surface area contributed by atoms with Crippen LogP contribution in [0.15, 0.2) is 24.5 Å². The van der Waals surface area contributed by atoms with Gasteiger partial charge in [0.2, 0.25) is 5.95 Å². The van der Waals surface area contributed by atoms with Crippen molar-refractivity contribution >= 4 is 5.95 Å². The highest BCUT2D eigenvalue weighted by atomic mass is 19.1. The molecular weight excluding hydrogens is 241 g/mol. The van der Waals surface area contributed by atoms with E-state index in [9.17, 15) is 4.39 Å². The normalized spacial score (nSPS) is 11.1. The number of hydrogen-bond donors (Lipinski definition) is 1. The maximum atomic E-state index is 13.6. The van der Waals surface area contributed by atoms with Crippen molar-refractivity contribution in [2.75, 3.05) is 5.32 Å². The highest BCUT2D eigenvalue weighted by molar-refractivity contribution is 5.34. The maximum absolute atomic E-state index is 13.6. The highest BCUT2D eigenvalue weighted by Gasteiger charge is 2.07. The third-order valence-electron chi connectivity index (χ3n) is 3.17. The van der Waals surface area contributed by atoms with E-state index in [4.69, 9.17) is 0 Å². The Balaban J connectivity index is 2.13. The summed E-state index contributed by atoms with van der Waals surface area (Å²) in [5.74, 6) is 0.724. The predicted octanol–water partition coefficient (Wildman–Crippen LogP) is 3.83. The maximum Gasteiger partial charge on any atom is 0.203 e. The number of anilines is 1. The summed E-state index contributed by atoms with van der Waals surface area (Å²) in [6, 6.07) is 4.11. The van der Waals surface area contributed by atoms with Gasteiger partial charge >= 0.3 is 0 Å². The van der Waals surface area contributed by atoms with Gasteiger partial charge in [0.25, 0.3) is 0 Å². The van der Waals surface area contributed by atoms with Crippen LogP contribution in [-0.4, -0.2) is 9.55 Å². The quantitative estimate of drug-likeness (QED) is 0.906. The van der Waals surface area contributed by atoms with Crippen molar-refractivity contribution in [2.24, 2.45) is 0 Å². The Morgan fingerprint density at radius 2 is 1.89 bits per heavy atom. The molecule has 19 heavy (non-hydrogen) atoms. The van der Waals surface area contributed by atoms with E-state index >= 15 is 0 Å². The standard InChI is InChI=1S/C15H20FN3/c1-10(2)19-6-5-17-15(19)18-9-13-7-11(3)14(16)12(4)8-13/h5-8,10H,9H2,1-4H3,(H,17,18). The molecule has 1 heterocycles. The van der Waals surface area contributed by atoms with Crippen LogP contribution in [-0.2, 0) is 6.54 Å². The Hall–Kier alpha value is -1.84. The summed E-state index contributed by atoms with van der Waals surface area (Å²) in [4.78, 5) is 4.29. The van der Waals surface area contributed by atoms with Crippen molar-refractivity contribution in [2.45, 2.75) is 40.3 Å². The number of hydrogen-bond acceptors (Lipinski definition) is 2. The van der Waals surface area contributed by atoms with Gasteiger partial charge in [-0.2, -0.15) is 0 Å². The fourth-order valence-electron chi connectivity index (χ4n) is 2.19. The van der Waals surface area contributed by atoms with Crippen LogP contribution in [0.3, 0.4) is 0 Å². The minimum atomic E-state index is -0.118.